The first-order valence-electron chi connectivity index (χ1n) is 8.50. The summed E-state index contributed by atoms with van der Waals surface area (Å²) >= 11 is 12.4. The van der Waals surface area contributed by atoms with Gasteiger partial charge in [0.2, 0.25) is 0 Å². The molecule has 0 unspecified atom stereocenters. The maximum atomic E-state index is 6.19. The fourth-order valence-electron chi connectivity index (χ4n) is 3.59. The van der Waals surface area contributed by atoms with Crippen LogP contribution in [0.2, 0.25) is 10.0 Å². The van der Waals surface area contributed by atoms with Crippen LogP contribution in [-0.4, -0.2) is 16.3 Å². The highest BCUT2D eigenvalue weighted by Gasteiger charge is 2.24. The molecule has 4 aromatic rings. The molecule has 0 fully saturated rings. The zero-order valence-electron chi connectivity index (χ0n) is 13.8. The van der Waals surface area contributed by atoms with Crippen LogP contribution in [-0.2, 0) is 6.42 Å². The average molecular weight is 380 g/mol. The molecule has 1 aliphatic rings. The van der Waals surface area contributed by atoms with Crippen molar-refractivity contribution >= 4 is 39.8 Å². The third-order valence-corrected chi connectivity index (χ3v) is 5.20. The van der Waals surface area contributed by atoms with Gasteiger partial charge in [-0.05, 0) is 41.5 Å². The molecule has 3 aromatic carbocycles. The minimum atomic E-state index is 0.599. The van der Waals surface area contributed by atoms with E-state index in [-0.39, 0.29) is 0 Å². The number of benzene rings is 3. The fraction of sp³-hybridized carbons (Fsp3) is 0.0952. The van der Waals surface area contributed by atoms with Crippen molar-refractivity contribution in [2.75, 3.05) is 11.9 Å². The molecule has 128 valence electrons. The maximum Gasteiger partial charge on any atom is 0.133 e. The number of aromatic nitrogens is 2. The molecule has 1 N–H and O–H groups in total. The van der Waals surface area contributed by atoms with E-state index in [2.05, 4.69) is 47.8 Å². The van der Waals surface area contributed by atoms with E-state index < -0.39 is 0 Å². The molecule has 2 heterocycles. The van der Waals surface area contributed by atoms with Crippen molar-refractivity contribution in [1.82, 2.24) is 9.78 Å². The second kappa shape index (κ2) is 6.04. The van der Waals surface area contributed by atoms with E-state index >= 15 is 0 Å². The lowest BCUT2D eigenvalue weighted by Gasteiger charge is -2.07. The lowest BCUT2D eigenvalue weighted by molar-refractivity contribution is 0.882. The van der Waals surface area contributed by atoms with Crippen molar-refractivity contribution in [1.29, 1.82) is 0 Å². The second-order valence-corrected chi connectivity index (χ2v) is 7.33. The number of hydrogen-bond donors (Lipinski definition) is 1. The average Bonchev–Trinajstić information content (AvgIpc) is 3.23. The van der Waals surface area contributed by atoms with Gasteiger partial charge in [-0.1, -0.05) is 59.6 Å². The van der Waals surface area contributed by atoms with Gasteiger partial charge in [-0.3, -0.25) is 0 Å². The van der Waals surface area contributed by atoms with Crippen molar-refractivity contribution in [2.45, 2.75) is 6.42 Å². The van der Waals surface area contributed by atoms with E-state index in [4.69, 9.17) is 28.3 Å². The van der Waals surface area contributed by atoms with Crippen LogP contribution in [0.1, 0.15) is 5.56 Å². The first kappa shape index (κ1) is 15.7. The van der Waals surface area contributed by atoms with Crippen LogP contribution in [0.3, 0.4) is 0 Å². The Morgan fingerprint density at radius 2 is 1.65 bits per heavy atom. The molecule has 0 radical (unpaired) electrons. The number of fused-ring (bicyclic) bond motifs is 2. The van der Waals surface area contributed by atoms with Crippen LogP contribution in [0, 0.1) is 0 Å². The van der Waals surface area contributed by atoms with E-state index in [9.17, 15) is 0 Å². The fourth-order valence-corrected chi connectivity index (χ4v) is 4.11. The van der Waals surface area contributed by atoms with Gasteiger partial charge in [0.25, 0.3) is 0 Å². The number of halogens is 2. The quantitative estimate of drug-likeness (QED) is 0.465. The Morgan fingerprint density at radius 3 is 2.46 bits per heavy atom. The number of hydrogen-bond acceptors (Lipinski definition) is 2. The van der Waals surface area contributed by atoms with Crippen LogP contribution in [0.4, 0.5) is 5.82 Å². The first-order chi connectivity index (χ1) is 12.7. The summed E-state index contributed by atoms with van der Waals surface area (Å²) in [7, 11) is 0. The molecule has 5 heteroatoms. The van der Waals surface area contributed by atoms with E-state index in [1.807, 2.05) is 16.8 Å². The Hall–Kier alpha value is -2.49. The van der Waals surface area contributed by atoms with Crippen molar-refractivity contribution < 1.29 is 0 Å². The highest BCUT2D eigenvalue weighted by molar-refractivity contribution is 6.34. The van der Waals surface area contributed by atoms with Gasteiger partial charge in [0.1, 0.15) is 5.82 Å². The van der Waals surface area contributed by atoms with E-state index in [1.54, 1.807) is 6.07 Å². The molecule has 0 bridgehead atoms. The van der Waals surface area contributed by atoms with Gasteiger partial charge < -0.3 is 5.32 Å². The number of nitrogens with zero attached hydrogens (tertiary/aromatic N) is 2. The third-order valence-electron chi connectivity index (χ3n) is 4.77. The van der Waals surface area contributed by atoms with Crippen molar-refractivity contribution in [2.24, 2.45) is 0 Å². The minimum Gasteiger partial charge on any atom is -0.369 e. The van der Waals surface area contributed by atoms with Gasteiger partial charge >= 0.3 is 0 Å². The molecule has 0 saturated heterocycles. The predicted octanol–water partition coefficient (Wildman–Crippen LogP) is 5.97. The Bertz CT molecular complexity index is 1130. The zero-order chi connectivity index (χ0) is 17.7. The van der Waals surface area contributed by atoms with E-state index in [0.29, 0.717) is 10.0 Å². The largest absolute Gasteiger partial charge is 0.369 e. The second-order valence-electron chi connectivity index (χ2n) is 6.45. The molecule has 0 saturated carbocycles. The molecule has 0 spiro atoms. The lowest BCUT2D eigenvalue weighted by Crippen LogP contribution is -2.04. The monoisotopic (exact) mass is 379 g/mol. The Labute approximate surface area is 161 Å². The standard InChI is InChI=1S/C21H15Cl2N3/c22-16-10-17(23)12-18(11-16)26-21-19(7-8-24-21)20(25-26)15-6-5-13-3-1-2-4-14(13)9-15/h1-6,9-12,24H,7-8H2. The van der Waals surface area contributed by atoms with Gasteiger partial charge in [0, 0.05) is 27.7 Å². The maximum absolute atomic E-state index is 6.19. The van der Waals surface area contributed by atoms with Crippen LogP contribution >= 0.6 is 23.2 Å². The highest BCUT2D eigenvalue weighted by atomic mass is 35.5. The summed E-state index contributed by atoms with van der Waals surface area (Å²) in [6, 6.07) is 20.3. The van der Waals surface area contributed by atoms with Crippen LogP contribution in [0.15, 0.2) is 60.7 Å². The van der Waals surface area contributed by atoms with E-state index in [0.717, 1.165) is 35.7 Å². The molecule has 3 nitrogen and oxygen atoms in total. The molecule has 1 aliphatic heterocycles. The molecule has 0 atom stereocenters. The summed E-state index contributed by atoms with van der Waals surface area (Å²) in [5, 5.41) is 12.0. The Kier molecular flexibility index (Phi) is 3.66. The minimum absolute atomic E-state index is 0.599. The summed E-state index contributed by atoms with van der Waals surface area (Å²) in [5.74, 6) is 1.02. The Balaban J connectivity index is 1.70. The van der Waals surface area contributed by atoms with Gasteiger partial charge in [0.05, 0.1) is 11.4 Å². The predicted molar refractivity (Wildman–Crippen MR) is 109 cm³/mol. The van der Waals surface area contributed by atoms with Gasteiger partial charge in [-0.15, -0.1) is 0 Å². The molecule has 0 amide bonds. The zero-order valence-corrected chi connectivity index (χ0v) is 15.3. The molecule has 5 rings (SSSR count). The normalized spacial score (nSPS) is 13.0. The molecule has 1 aromatic heterocycles. The molecule has 26 heavy (non-hydrogen) atoms. The summed E-state index contributed by atoms with van der Waals surface area (Å²) in [5.41, 5.74) is 4.22. The van der Waals surface area contributed by atoms with Crippen LogP contribution in [0.5, 0.6) is 0 Å². The smallest absolute Gasteiger partial charge is 0.133 e. The van der Waals surface area contributed by atoms with Crippen molar-refractivity contribution in [3.05, 3.63) is 76.3 Å². The number of nitrogens with one attached hydrogen (secondary N) is 1. The van der Waals surface area contributed by atoms with Crippen LogP contribution < -0.4 is 5.32 Å². The summed E-state index contributed by atoms with van der Waals surface area (Å²) in [4.78, 5) is 0. The molecular formula is C21H15Cl2N3. The Morgan fingerprint density at radius 1 is 0.885 bits per heavy atom. The van der Waals surface area contributed by atoms with Crippen LogP contribution in [0.25, 0.3) is 27.7 Å². The summed E-state index contributed by atoms with van der Waals surface area (Å²) in [6.07, 6.45) is 0.950. The number of anilines is 1. The lowest BCUT2D eigenvalue weighted by atomic mass is 10.0. The van der Waals surface area contributed by atoms with Crippen molar-refractivity contribution in [3.8, 4) is 16.9 Å². The van der Waals surface area contributed by atoms with Gasteiger partial charge in [-0.2, -0.15) is 5.10 Å². The molecule has 0 aliphatic carbocycles. The van der Waals surface area contributed by atoms with Gasteiger partial charge in [0.15, 0.2) is 0 Å². The van der Waals surface area contributed by atoms with E-state index in [1.165, 1.54) is 16.3 Å². The topological polar surface area (TPSA) is 29.9 Å². The molecular weight excluding hydrogens is 365 g/mol. The highest BCUT2D eigenvalue weighted by Crippen LogP contribution is 2.36. The SMILES string of the molecule is Clc1cc(Cl)cc(-n2nc(-c3ccc4ccccc4c3)c3c2NCC3)c1. The van der Waals surface area contributed by atoms with Crippen molar-refractivity contribution in [3.63, 3.8) is 0 Å². The first-order valence-corrected chi connectivity index (χ1v) is 9.26. The summed E-state index contributed by atoms with van der Waals surface area (Å²) in [6.45, 7) is 0.905. The number of rotatable bonds is 2. The van der Waals surface area contributed by atoms with Gasteiger partial charge in [-0.25, -0.2) is 4.68 Å². The summed E-state index contributed by atoms with van der Waals surface area (Å²) < 4.78 is 1.91. The third kappa shape index (κ3) is 2.56.